The molecule has 3 rings (SSSR count). The SMILES string of the molecule is NCC(C1CCCC1)n1cncc1-c1cccc(F)c1. The summed E-state index contributed by atoms with van der Waals surface area (Å²) >= 11 is 0. The smallest absolute Gasteiger partial charge is 0.123 e. The molecular weight excluding hydrogens is 253 g/mol. The van der Waals surface area contributed by atoms with Crippen LogP contribution in [-0.2, 0) is 0 Å². The van der Waals surface area contributed by atoms with Gasteiger partial charge in [0, 0.05) is 12.1 Å². The van der Waals surface area contributed by atoms with Crippen LogP contribution in [0.15, 0.2) is 36.8 Å². The normalized spacial score (nSPS) is 17.5. The fourth-order valence-electron chi connectivity index (χ4n) is 3.32. The molecule has 1 aliphatic rings. The number of aromatic nitrogens is 2. The van der Waals surface area contributed by atoms with Gasteiger partial charge in [-0.25, -0.2) is 9.37 Å². The molecule has 1 aromatic heterocycles. The first kappa shape index (κ1) is 13.3. The summed E-state index contributed by atoms with van der Waals surface area (Å²) in [6.45, 7) is 0.601. The summed E-state index contributed by atoms with van der Waals surface area (Å²) in [7, 11) is 0. The van der Waals surface area contributed by atoms with E-state index in [0.717, 1.165) is 11.3 Å². The third kappa shape index (κ3) is 2.48. The van der Waals surface area contributed by atoms with E-state index in [1.807, 2.05) is 12.4 Å². The lowest BCUT2D eigenvalue weighted by molar-refractivity contribution is 0.344. The predicted octanol–water partition coefficient (Wildman–Crippen LogP) is 3.38. The highest BCUT2D eigenvalue weighted by molar-refractivity contribution is 5.59. The van der Waals surface area contributed by atoms with E-state index in [4.69, 9.17) is 5.73 Å². The summed E-state index contributed by atoms with van der Waals surface area (Å²) in [6, 6.07) is 6.92. The second-order valence-corrected chi connectivity index (χ2v) is 5.54. The van der Waals surface area contributed by atoms with Crippen molar-refractivity contribution in [2.24, 2.45) is 11.7 Å². The Hall–Kier alpha value is -1.68. The van der Waals surface area contributed by atoms with Gasteiger partial charge in [0.15, 0.2) is 0 Å². The maximum atomic E-state index is 13.4. The van der Waals surface area contributed by atoms with Crippen molar-refractivity contribution >= 4 is 0 Å². The van der Waals surface area contributed by atoms with E-state index in [1.165, 1.54) is 31.7 Å². The molecule has 0 aliphatic heterocycles. The Bertz CT molecular complexity index is 573. The average molecular weight is 273 g/mol. The molecule has 0 amide bonds. The zero-order chi connectivity index (χ0) is 13.9. The van der Waals surface area contributed by atoms with Crippen LogP contribution in [0.3, 0.4) is 0 Å². The number of imidazole rings is 1. The Balaban J connectivity index is 1.96. The minimum absolute atomic E-state index is 0.222. The van der Waals surface area contributed by atoms with Gasteiger partial charge in [-0.05, 0) is 30.9 Å². The summed E-state index contributed by atoms with van der Waals surface area (Å²) in [6.07, 6.45) is 8.64. The standard InChI is InChI=1S/C16H20FN3/c17-14-7-3-6-13(8-14)16-10-19-11-20(16)15(9-18)12-4-1-2-5-12/h3,6-8,10-12,15H,1-2,4-5,9,18H2. The Labute approximate surface area is 118 Å². The van der Waals surface area contributed by atoms with Gasteiger partial charge in [0.25, 0.3) is 0 Å². The molecule has 1 atom stereocenters. The van der Waals surface area contributed by atoms with Crippen LogP contribution in [0.4, 0.5) is 4.39 Å². The first-order valence-corrected chi connectivity index (χ1v) is 7.27. The van der Waals surface area contributed by atoms with Crippen molar-refractivity contribution in [3.63, 3.8) is 0 Å². The first-order chi connectivity index (χ1) is 9.79. The van der Waals surface area contributed by atoms with Gasteiger partial charge in [0.05, 0.1) is 24.3 Å². The van der Waals surface area contributed by atoms with Crippen molar-refractivity contribution in [1.29, 1.82) is 0 Å². The molecule has 3 nitrogen and oxygen atoms in total. The monoisotopic (exact) mass is 273 g/mol. The Kier molecular flexibility index (Phi) is 3.83. The van der Waals surface area contributed by atoms with E-state index in [0.29, 0.717) is 12.5 Å². The van der Waals surface area contributed by atoms with Gasteiger partial charge in [-0.1, -0.05) is 25.0 Å². The lowest BCUT2D eigenvalue weighted by Gasteiger charge is -2.25. The molecule has 4 heteroatoms. The fraction of sp³-hybridized carbons (Fsp3) is 0.438. The summed E-state index contributed by atoms with van der Waals surface area (Å²) in [5.41, 5.74) is 7.81. The maximum absolute atomic E-state index is 13.4. The van der Waals surface area contributed by atoms with Crippen LogP contribution >= 0.6 is 0 Å². The topological polar surface area (TPSA) is 43.8 Å². The summed E-state index contributed by atoms with van der Waals surface area (Å²) < 4.78 is 15.6. The second-order valence-electron chi connectivity index (χ2n) is 5.54. The number of rotatable bonds is 4. The first-order valence-electron chi connectivity index (χ1n) is 7.27. The number of nitrogens with two attached hydrogens (primary N) is 1. The molecule has 1 saturated carbocycles. The highest BCUT2D eigenvalue weighted by Gasteiger charge is 2.26. The zero-order valence-electron chi connectivity index (χ0n) is 11.5. The molecule has 0 bridgehead atoms. The summed E-state index contributed by atoms with van der Waals surface area (Å²) in [4.78, 5) is 4.25. The zero-order valence-corrected chi connectivity index (χ0v) is 11.5. The van der Waals surface area contributed by atoms with E-state index >= 15 is 0 Å². The highest BCUT2D eigenvalue weighted by atomic mass is 19.1. The Morgan fingerprint density at radius 1 is 1.35 bits per heavy atom. The minimum atomic E-state index is -0.222. The van der Waals surface area contributed by atoms with Crippen molar-refractivity contribution in [2.75, 3.05) is 6.54 Å². The van der Waals surface area contributed by atoms with Gasteiger partial charge in [-0.3, -0.25) is 0 Å². The van der Waals surface area contributed by atoms with Gasteiger partial charge in [0.1, 0.15) is 5.82 Å². The van der Waals surface area contributed by atoms with Crippen LogP contribution in [-0.4, -0.2) is 16.1 Å². The minimum Gasteiger partial charge on any atom is -0.328 e. The molecule has 1 heterocycles. The molecule has 1 fully saturated rings. The molecule has 2 aromatic rings. The molecule has 2 N–H and O–H groups in total. The number of nitrogens with zero attached hydrogens (tertiary/aromatic N) is 2. The number of hydrogen-bond acceptors (Lipinski definition) is 2. The van der Waals surface area contributed by atoms with E-state index in [1.54, 1.807) is 18.3 Å². The molecule has 1 aliphatic carbocycles. The van der Waals surface area contributed by atoms with Crippen LogP contribution in [0.2, 0.25) is 0 Å². The van der Waals surface area contributed by atoms with Crippen LogP contribution in [0.1, 0.15) is 31.7 Å². The fourth-order valence-corrected chi connectivity index (χ4v) is 3.32. The van der Waals surface area contributed by atoms with Crippen LogP contribution in [0.25, 0.3) is 11.3 Å². The van der Waals surface area contributed by atoms with Gasteiger partial charge >= 0.3 is 0 Å². The number of benzene rings is 1. The second kappa shape index (κ2) is 5.75. The van der Waals surface area contributed by atoms with Gasteiger partial charge in [-0.15, -0.1) is 0 Å². The van der Waals surface area contributed by atoms with E-state index in [-0.39, 0.29) is 11.9 Å². The van der Waals surface area contributed by atoms with Gasteiger partial charge in [0.2, 0.25) is 0 Å². The summed E-state index contributed by atoms with van der Waals surface area (Å²) in [5, 5.41) is 0. The van der Waals surface area contributed by atoms with Gasteiger partial charge < -0.3 is 10.3 Å². The highest BCUT2D eigenvalue weighted by Crippen LogP contribution is 2.36. The largest absolute Gasteiger partial charge is 0.328 e. The van der Waals surface area contributed by atoms with Crippen molar-refractivity contribution in [1.82, 2.24) is 9.55 Å². The molecule has 0 saturated heterocycles. The van der Waals surface area contributed by atoms with Crippen molar-refractivity contribution < 1.29 is 4.39 Å². The molecule has 106 valence electrons. The molecule has 0 spiro atoms. The van der Waals surface area contributed by atoms with Crippen molar-refractivity contribution in [2.45, 2.75) is 31.7 Å². The molecular formula is C16H20FN3. The van der Waals surface area contributed by atoms with E-state index in [2.05, 4.69) is 9.55 Å². The van der Waals surface area contributed by atoms with Crippen LogP contribution < -0.4 is 5.73 Å². The van der Waals surface area contributed by atoms with E-state index < -0.39 is 0 Å². The Morgan fingerprint density at radius 3 is 2.85 bits per heavy atom. The van der Waals surface area contributed by atoms with E-state index in [9.17, 15) is 4.39 Å². The number of hydrogen-bond donors (Lipinski definition) is 1. The lowest BCUT2D eigenvalue weighted by Crippen LogP contribution is -2.25. The van der Waals surface area contributed by atoms with Crippen molar-refractivity contribution in [3.05, 3.63) is 42.6 Å². The quantitative estimate of drug-likeness (QED) is 0.928. The number of halogens is 1. The molecule has 0 radical (unpaired) electrons. The lowest BCUT2D eigenvalue weighted by atomic mass is 9.97. The average Bonchev–Trinajstić information content (AvgIpc) is 3.11. The third-order valence-electron chi connectivity index (χ3n) is 4.33. The molecule has 1 unspecified atom stereocenters. The van der Waals surface area contributed by atoms with Crippen LogP contribution in [0, 0.1) is 11.7 Å². The van der Waals surface area contributed by atoms with Crippen LogP contribution in [0.5, 0.6) is 0 Å². The third-order valence-corrected chi connectivity index (χ3v) is 4.33. The molecule has 20 heavy (non-hydrogen) atoms. The predicted molar refractivity (Wildman–Crippen MR) is 77.7 cm³/mol. The van der Waals surface area contributed by atoms with Gasteiger partial charge in [-0.2, -0.15) is 0 Å². The molecule has 1 aromatic carbocycles. The summed E-state index contributed by atoms with van der Waals surface area (Å²) in [5.74, 6) is 0.391. The maximum Gasteiger partial charge on any atom is 0.123 e. The Morgan fingerprint density at radius 2 is 2.15 bits per heavy atom. The van der Waals surface area contributed by atoms with Crippen molar-refractivity contribution in [3.8, 4) is 11.3 Å².